The largest absolute Gasteiger partial charge is 0.507 e. The van der Waals surface area contributed by atoms with Gasteiger partial charge in [-0.15, -0.1) is 0 Å². The summed E-state index contributed by atoms with van der Waals surface area (Å²) in [5, 5.41) is 9.87. The third-order valence-corrected chi connectivity index (χ3v) is 3.33. The van der Waals surface area contributed by atoms with Crippen molar-refractivity contribution in [3.8, 4) is 17.1 Å². The van der Waals surface area contributed by atoms with Gasteiger partial charge in [0.2, 0.25) is 0 Å². The predicted molar refractivity (Wildman–Crippen MR) is 75.5 cm³/mol. The van der Waals surface area contributed by atoms with Gasteiger partial charge < -0.3 is 14.8 Å². The first kappa shape index (κ1) is 14.1. The molecule has 1 aromatic heterocycles. The zero-order valence-corrected chi connectivity index (χ0v) is 12.0. The molecule has 2 N–H and O–H groups in total. The number of phenolic OH excluding ortho intramolecular Hbond substituents is 1. The molecule has 0 aliphatic rings. The van der Waals surface area contributed by atoms with Crippen LogP contribution in [0.4, 0.5) is 0 Å². The van der Waals surface area contributed by atoms with E-state index in [4.69, 9.17) is 4.74 Å². The number of carbonyl (C=O) groups excluding carboxylic acids is 1. The normalized spacial score (nSPS) is 11.4. The van der Waals surface area contributed by atoms with Crippen LogP contribution < -0.4 is 0 Å². The highest BCUT2D eigenvalue weighted by Gasteiger charge is 2.35. The predicted octanol–water partition coefficient (Wildman–Crippen LogP) is 2.54. The average Bonchev–Trinajstić information content (AvgIpc) is 2.80. The van der Waals surface area contributed by atoms with E-state index in [-0.39, 0.29) is 11.7 Å². The third-order valence-electron chi connectivity index (χ3n) is 3.33. The Balaban J connectivity index is 2.51. The molecular formula is C15H18N2O3. The Labute approximate surface area is 117 Å². The molecule has 1 heterocycles. The van der Waals surface area contributed by atoms with E-state index < -0.39 is 5.41 Å². The van der Waals surface area contributed by atoms with Crippen molar-refractivity contribution in [1.82, 2.24) is 9.97 Å². The van der Waals surface area contributed by atoms with E-state index in [1.807, 2.05) is 13.0 Å². The highest BCUT2D eigenvalue weighted by Crippen LogP contribution is 2.31. The van der Waals surface area contributed by atoms with Crippen molar-refractivity contribution in [3.63, 3.8) is 0 Å². The minimum atomic E-state index is -0.849. The molecule has 1 aromatic carbocycles. The second kappa shape index (κ2) is 5.00. The third kappa shape index (κ3) is 2.27. The number of esters is 1. The van der Waals surface area contributed by atoms with Crippen molar-refractivity contribution in [2.24, 2.45) is 0 Å². The van der Waals surface area contributed by atoms with E-state index in [1.165, 1.54) is 7.11 Å². The van der Waals surface area contributed by atoms with Gasteiger partial charge in [0.25, 0.3) is 0 Å². The summed E-state index contributed by atoms with van der Waals surface area (Å²) in [5.74, 6) is 0.326. The van der Waals surface area contributed by atoms with Crippen molar-refractivity contribution in [2.75, 3.05) is 7.11 Å². The number of hydrogen-bond acceptors (Lipinski definition) is 4. The summed E-state index contributed by atoms with van der Waals surface area (Å²) < 4.78 is 4.82. The van der Waals surface area contributed by atoms with Gasteiger partial charge >= 0.3 is 5.97 Å². The van der Waals surface area contributed by atoms with Crippen molar-refractivity contribution in [3.05, 3.63) is 35.7 Å². The maximum Gasteiger partial charge on any atom is 0.317 e. The quantitative estimate of drug-likeness (QED) is 0.843. The number of imidazole rings is 1. The lowest BCUT2D eigenvalue weighted by atomic mass is 9.88. The van der Waals surface area contributed by atoms with Crippen LogP contribution >= 0.6 is 0 Å². The summed E-state index contributed by atoms with van der Waals surface area (Å²) in [7, 11) is 1.36. The van der Waals surface area contributed by atoms with Gasteiger partial charge in [-0.2, -0.15) is 0 Å². The van der Waals surface area contributed by atoms with Gasteiger partial charge in [-0.3, -0.25) is 4.79 Å². The molecule has 0 radical (unpaired) electrons. The molecule has 5 nitrogen and oxygen atoms in total. The molecule has 0 saturated carbocycles. The monoisotopic (exact) mass is 274 g/mol. The molecule has 0 bridgehead atoms. The van der Waals surface area contributed by atoms with Gasteiger partial charge in [0.05, 0.1) is 18.4 Å². The lowest BCUT2D eigenvalue weighted by Crippen LogP contribution is -2.31. The second-order valence-corrected chi connectivity index (χ2v) is 5.19. The van der Waals surface area contributed by atoms with Gasteiger partial charge in [-0.1, -0.05) is 12.1 Å². The van der Waals surface area contributed by atoms with Crippen LogP contribution in [0, 0.1) is 6.92 Å². The SMILES string of the molecule is COC(=O)C(C)(C)c1nc(-c2ccccc2O)[nH]c1C. The number of aromatic nitrogens is 2. The van der Waals surface area contributed by atoms with Crippen LogP contribution in [-0.2, 0) is 14.9 Å². The molecule has 0 aliphatic heterocycles. The summed E-state index contributed by atoms with van der Waals surface area (Å²) in [6.45, 7) is 5.36. The molecule has 20 heavy (non-hydrogen) atoms. The number of hydrogen-bond donors (Lipinski definition) is 2. The fourth-order valence-electron chi connectivity index (χ4n) is 2.22. The summed E-state index contributed by atoms with van der Waals surface area (Å²) in [5.41, 5.74) is 1.14. The molecule has 2 rings (SSSR count). The molecule has 0 atom stereocenters. The standard InChI is InChI=1S/C15H18N2O3/c1-9-12(15(2,3)14(19)20-4)17-13(16-9)10-7-5-6-8-11(10)18/h5-8,18H,1-4H3,(H,16,17). The van der Waals surface area contributed by atoms with Gasteiger partial charge in [0.1, 0.15) is 17.0 Å². The first-order valence-electron chi connectivity index (χ1n) is 6.31. The number of methoxy groups -OCH3 is 1. The number of carbonyl (C=O) groups is 1. The number of phenols is 1. The minimum Gasteiger partial charge on any atom is -0.507 e. The molecule has 0 saturated heterocycles. The van der Waals surface area contributed by atoms with E-state index in [0.29, 0.717) is 17.1 Å². The Bertz CT molecular complexity index is 644. The highest BCUT2D eigenvalue weighted by molar-refractivity contribution is 5.82. The number of nitrogens with one attached hydrogen (secondary N) is 1. The fourth-order valence-corrected chi connectivity index (χ4v) is 2.22. The average molecular weight is 274 g/mol. The van der Waals surface area contributed by atoms with Gasteiger partial charge in [-0.05, 0) is 32.9 Å². The van der Waals surface area contributed by atoms with Crippen LogP contribution in [0.1, 0.15) is 25.2 Å². The van der Waals surface area contributed by atoms with Crippen molar-refractivity contribution in [2.45, 2.75) is 26.2 Å². The number of aromatic amines is 1. The number of ether oxygens (including phenoxy) is 1. The zero-order chi connectivity index (χ0) is 14.9. The molecule has 2 aromatic rings. The lowest BCUT2D eigenvalue weighted by molar-refractivity contribution is -0.146. The number of H-pyrrole nitrogens is 1. The van der Waals surface area contributed by atoms with Crippen LogP contribution in [0.5, 0.6) is 5.75 Å². The van der Waals surface area contributed by atoms with Crippen LogP contribution in [0.15, 0.2) is 24.3 Å². The van der Waals surface area contributed by atoms with Crippen LogP contribution in [0.3, 0.4) is 0 Å². The number of para-hydroxylation sites is 1. The smallest absolute Gasteiger partial charge is 0.317 e. The number of nitrogens with zero attached hydrogens (tertiary/aromatic N) is 1. The molecule has 0 spiro atoms. The van der Waals surface area contributed by atoms with Crippen LogP contribution in [0.2, 0.25) is 0 Å². The Morgan fingerprint density at radius 2 is 2.00 bits per heavy atom. The molecular weight excluding hydrogens is 256 g/mol. The second-order valence-electron chi connectivity index (χ2n) is 5.19. The first-order chi connectivity index (χ1) is 9.37. The van der Waals surface area contributed by atoms with E-state index in [2.05, 4.69) is 9.97 Å². The molecule has 0 aliphatic carbocycles. The summed E-state index contributed by atoms with van der Waals surface area (Å²) >= 11 is 0. The Hall–Kier alpha value is -2.30. The van der Waals surface area contributed by atoms with Crippen molar-refractivity contribution < 1.29 is 14.6 Å². The molecule has 5 heteroatoms. The molecule has 0 amide bonds. The molecule has 0 fully saturated rings. The van der Waals surface area contributed by atoms with Crippen molar-refractivity contribution in [1.29, 1.82) is 0 Å². The van der Waals surface area contributed by atoms with E-state index >= 15 is 0 Å². The Kier molecular flexibility index (Phi) is 3.53. The summed E-state index contributed by atoms with van der Waals surface area (Å²) in [4.78, 5) is 19.4. The highest BCUT2D eigenvalue weighted by atomic mass is 16.5. The van der Waals surface area contributed by atoms with Gasteiger partial charge in [0, 0.05) is 5.69 Å². The Morgan fingerprint density at radius 1 is 1.35 bits per heavy atom. The molecule has 106 valence electrons. The number of aromatic hydroxyl groups is 1. The van der Waals surface area contributed by atoms with Gasteiger partial charge in [0.15, 0.2) is 0 Å². The number of aryl methyl sites for hydroxylation is 1. The van der Waals surface area contributed by atoms with Crippen LogP contribution in [-0.4, -0.2) is 28.2 Å². The first-order valence-corrected chi connectivity index (χ1v) is 6.31. The van der Waals surface area contributed by atoms with Gasteiger partial charge in [-0.25, -0.2) is 4.98 Å². The maximum atomic E-state index is 11.9. The minimum absolute atomic E-state index is 0.142. The Morgan fingerprint density at radius 3 is 2.60 bits per heavy atom. The maximum absolute atomic E-state index is 11.9. The lowest BCUT2D eigenvalue weighted by Gasteiger charge is -2.19. The zero-order valence-electron chi connectivity index (χ0n) is 12.0. The summed E-state index contributed by atoms with van der Waals surface area (Å²) in [6, 6.07) is 6.92. The van der Waals surface area contributed by atoms with E-state index in [9.17, 15) is 9.90 Å². The number of benzene rings is 1. The molecule has 0 unspecified atom stereocenters. The topological polar surface area (TPSA) is 75.2 Å². The summed E-state index contributed by atoms with van der Waals surface area (Å²) in [6.07, 6.45) is 0. The van der Waals surface area contributed by atoms with E-state index in [1.54, 1.807) is 32.0 Å². The van der Waals surface area contributed by atoms with Crippen molar-refractivity contribution >= 4 is 5.97 Å². The number of rotatable bonds is 3. The van der Waals surface area contributed by atoms with Crippen LogP contribution in [0.25, 0.3) is 11.4 Å². The fraction of sp³-hybridized carbons (Fsp3) is 0.333. The van der Waals surface area contributed by atoms with E-state index in [0.717, 1.165) is 5.69 Å².